The number of carboxylic acid groups (broad SMARTS) is 1. The van der Waals surface area contributed by atoms with E-state index >= 15 is 0 Å². The summed E-state index contributed by atoms with van der Waals surface area (Å²) in [4.78, 5) is 23.0. The molecule has 0 bridgehead atoms. The molecule has 4 nitrogen and oxygen atoms in total. The van der Waals surface area contributed by atoms with Gasteiger partial charge in [-0.2, -0.15) is 0 Å². The predicted molar refractivity (Wildman–Crippen MR) is 75.6 cm³/mol. The fourth-order valence-electron chi connectivity index (χ4n) is 1.82. The Morgan fingerprint density at radius 3 is 2.85 bits per heavy atom. The molecule has 1 amide bonds. The number of hydrogen-bond acceptors (Lipinski definition) is 3. The molecule has 2 aromatic rings. The van der Waals surface area contributed by atoms with Crippen LogP contribution in [0.15, 0.2) is 24.3 Å². The molecule has 1 unspecified atom stereocenters. The predicted octanol–water partition coefficient (Wildman–Crippen LogP) is 3.02. The maximum absolute atomic E-state index is 13.1. The van der Waals surface area contributed by atoms with Crippen molar-refractivity contribution in [2.24, 2.45) is 0 Å². The number of thiophene rings is 1. The fourth-order valence-corrected chi connectivity index (χ4v) is 2.81. The highest BCUT2D eigenvalue weighted by molar-refractivity contribution is 7.20. The molecule has 2 N–H and O–H groups in total. The van der Waals surface area contributed by atoms with Gasteiger partial charge in [-0.1, -0.05) is 6.07 Å². The third-order valence-electron chi connectivity index (χ3n) is 2.87. The van der Waals surface area contributed by atoms with E-state index in [-0.39, 0.29) is 24.2 Å². The van der Waals surface area contributed by atoms with E-state index in [0.717, 1.165) is 5.39 Å². The van der Waals surface area contributed by atoms with Crippen LogP contribution in [-0.2, 0) is 4.79 Å². The maximum atomic E-state index is 13.1. The number of rotatable bonds is 5. The van der Waals surface area contributed by atoms with Crippen molar-refractivity contribution in [1.29, 1.82) is 0 Å². The summed E-state index contributed by atoms with van der Waals surface area (Å²) in [6.45, 7) is 1.76. The van der Waals surface area contributed by atoms with Crippen molar-refractivity contribution in [2.75, 3.05) is 0 Å². The normalized spacial score (nSPS) is 12.3. The Hall–Kier alpha value is -1.95. The van der Waals surface area contributed by atoms with E-state index in [1.165, 1.54) is 23.5 Å². The lowest BCUT2D eigenvalue weighted by Gasteiger charge is -2.11. The fraction of sp³-hybridized carbons (Fsp3) is 0.286. The number of carbonyl (C=O) groups is 2. The number of benzene rings is 1. The van der Waals surface area contributed by atoms with Gasteiger partial charge in [0.1, 0.15) is 5.82 Å². The Balaban J connectivity index is 2.05. The van der Waals surface area contributed by atoms with Crippen LogP contribution < -0.4 is 5.32 Å². The minimum Gasteiger partial charge on any atom is -0.481 e. The Morgan fingerprint density at radius 2 is 2.15 bits per heavy atom. The minimum absolute atomic E-state index is 0.0130. The van der Waals surface area contributed by atoms with E-state index in [2.05, 4.69) is 5.32 Å². The van der Waals surface area contributed by atoms with Crippen molar-refractivity contribution in [3.63, 3.8) is 0 Å². The molecule has 0 fully saturated rings. The van der Waals surface area contributed by atoms with E-state index in [1.807, 2.05) is 0 Å². The van der Waals surface area contributed by atoms with Gasteiger partial charge in [0.05, 0.1) is 4.88 Å². The molecule has 0 aliphatic rings. The van der Waals surface area contributed by atoms with E-state index < -0.39 is 5.97 Å². The number of halogens is 1. The van der Waals surface area contributed by atoms with Crippen LogP contribution in [-0.4, -0.2) is 23.0 Å². The van der Waals surface area contributed by atoms with Gasteiger partial charge in [0.15, 0.2) is 0 Å². The topological polar surface area (TPSA) is 66.4 Å². The van der Waals surface area contributed by atoms with E-state index in [9.17, 15) is 14.0 Å². The molecule has 106 valence electrons. The lowest BCUT2D eigenvalue weighted by atomic mass is 10.2. The third-order valence-corrected chi connectivity index (χ3v) is 3.97. The summed E-state index contributed by atoms with van der Waals surface area (Å²) in [5, 5.41) is 12.1. The molecule has 0 aliphatic heterocycles. The summed E-state index contributed by atoms with van der Waals surface area (Å²) in [7, 11) is 0. The second-order valence-electron chi connectivity index (χ2n) is 4.60. The van der Waals surface area contributed by atoms with Crippen LogP contribution in [0.4, 0.5) is 4.39 Å². The number of aliphatic carboxylic acids is 1. The maximum Gasteiger partial charge on any atom is 0.303 e. The van der Waals surface area contributed by atoms with Crippen LogP contribution in [0, 0.1) is 5.82 Å². The first-order chi connectivity index (χ1) is 9.45. The first-order valence-electron chi connectivity index (χ1n) is 6.17. The lowest BCUT2D eigenvalue weighted by Crippen LogP contribution is -2.32. The molecule has 0 spiro atoms. The zero-order valence-electron chi connectivity index (χ0n) is 10.9. The Morgan fingerprint density at radius 1 is 1.40 bits per heavy atom. The van der Waals surface area contributed by atoms with Gasteiger partial charge in [-0.25, -0.2) is 4.39 Å². The summed E-state index contributed by atoms with van der Waals surface area (Å²) in [6, 6.07) is 5.86. The van der Waals surface area contributed by atoms with Gasteiger partial charge in [-0.05, 0) is 36.9 Å². The second kappa shape index (κ2) is 6.00. The average molecular weight is 295 g/mol. The van der Waals surface area contributed by atoms with Crippen LogP contribution >= 0.6 is 11.3 Å². The molecule has 6 heteroatoms. The standard InChI is InChI=1S/C14H14FNO3S/c1-8(2-5-13(17)18)16-14(19)12-6-9-3-4-10(15)7-11(9)20-12/h3-4,6-8H,2,5H2,1H3,(H,16,19)(H,17,18). The Bertz CT molecular complexity index is 653. The summed E-state index contributed by atoms with van der Waals surface area (Å²) < 4.78 is 13.8. The Labute approximate surface area is 119 Å². The summed E-state index contributed by atoms with van der Waals surface area (Å²) in [6.07, 6.45) is 0.389. The molecule has 0 saturated carbocycles. The number of hydrogen-bond donors (Lipinski definition) is 2. The zero-order chi connectivity index (χ0) is 14.7. The highest BCUT2D eigenvalue weighted by Crippen LogP contribution is 2.26. The number of amides is 1. The van der Waals surface area contributed by atoms with Gasteiger partial charge in [-0.3, -0.25) is 9.59 Å². The monoisotopic (exact) mass is 295 g/mol. The summed E-state index contributed by atoms with van der Waals surface area (Å²) in [5.41, 5.74) is 0. The molecule has 2 rings (SSSR count). The lowest BCUT2D eigenvalue weighted by molar-refractivity contribution is -0.137. The quantitative estimate of drug-likeness (QED) is 0.891. The van der Waals surface area contributed by atoms with Crippen molar-refractivity contribution in [3.05, 3.63) is 35.0 Å². The molecule has 1 aromatic carbocycles. The molecular formula is C14H14FNO3S. The minimum atomic E-state index is -0.886. The zero-order valence-corrected chi connectivity index (χ0v) is 11.7. The number of fused-ring (bicyclic) bond motifs is 1. The molecular weight excluding hydrogens is 281 g/mol. The molecule has 0 aliphatic carbocycles. The SMILES string of the molecule is CC(CCC(=O)O)NC(=O)c1cc2ccc(F)cc2s1. The van der Waals surface area contributed by atoms with Crippen molar-refractivity contribution in [2.45, 2.75) is 25.8 Å². The smallest absolute Gasteiger partial charge is 0.303 e. The molecule has 1 aromatic heterocycles. The van der Waals surface area contributed by atoms with Crippen LogP contribution in [0.1, 0.15) is 29.4 Å². The first-order valence-corrected chi connectivity index (χ1v) is 6.99. The molecule has 0 saturated heterocycles. The first kappa shape index (κ1) is 14.5. The largest absolute Gasteiger partial charge is 0.481 e. The number of carbonyl (C=O) groups excluding carboxylic acids is 1. The Kier molecular flexibility index (Phi) is 4.34. The van der Waals surface area contributed by atoms with Crippen LogP contribution in [0.3, 0.4) is 0 Å². The number of nitrogens with one attached hydrogen (secondary N) is 1. The second-order valence-corrected chi connectivity index (χ2v) is 5.68. The average Bonchev–Trinajstić information content (AvgIpc) is 2.79. The highest BCUT2D eigenvalue weighted by atomic mass is 32.1. The van der Waals surface area contributed by atoms with E-state index in [0.29, 0.717) is 16.0 Å². The van der Waals surface area contributed by atoms with Gasteiger partial charge in [0.2, 0.25) is 0 Å². The third kappa shape index (κ3) is 3.54. The highest BCUT2D eigenvalue weighted by Gasteiger charge is 2.14. The van der Waals surface area contributed by atoms with Crippen molar-refractivity contribution in [3.8, 4) is 0 Å². The van der Waals surface area contributed by atoms with Crippen molar-refractivity contribution >= 4 is 33.3 Å². The van der Waals surface area contributed by atoms with Gasteiger partial charge in [0, 0.05) is 17.2 Å². The van der Waals surface area contributed by atoms with Crippen LogP contribution in [0.5, 0.6) is 0 Å². The van der Waals surface area contributed by atoms with E-state index in [1.54, 1.807) is 19.1 Å². The van der Waals surface area contributed by atoms with Gasteiger partial charge in [-0.15, -0.1) is 11.3 Å². The van der Waals surface area contributed by atoms with Crippen molar-refractivity contribution < 1.29 is 19.1 Å². The molecule has 20 heavy (non-hydrogen) atoms. The molecule has 1 atom stereocenters. The van der Waals surface area contributed by atoms with Gasteiger partial charge >= 0.3 is 5.97 Å². The summed E-state index contributed by atoms with van der Waals surface area (Å²) >= 11 is 1.22. The van der Waals surface area contributed by atoms with Crippen LogP contribution in [0.25, 0.3) is 10.1 Å². The molecule has 0 radical (unpaired) electrons. The number of carboxylic acids is 1. The van der Waals surface area contributed by atoms with Gasteiger partial charge < -0.3 is 10.4 Å². The van der Waals surface area contributed by atoms with Gasteiger partial charge in [0.25, 0.3) is 5.91 Å². The summed E-state index contributed by atoms with van der Waals surface area (Å²) in [5.74, 6) is -1.48. The molecule has 1 heterocycles. The van der Waals surface area contributed by atoms with E-state index in [4.69, 9.17) is 5.11 Å². The van der Waals surface area contributed by atoms with Crippen LogP contribution in [0.2, 0.25) is 0 Å². The van der Waals surface area contributed by atoms with Crippen molar-refractivity contribution in [1.82, 2.24) is 5.32 Å².